The topological polar surface area (TPSA) is 30.2 Å². The Morgan fingerprint density at radius 3 is 1.94 bits per heavy atom. The molecule has 0 aliphatic heterocycles. The van der Waals surface area contributed by atoms with E-state index in [4.69, 9.17) is 9.97 Å². The number of rotatable bonds is 2. The first kappa shape index (κ1) is 28.2. The fourth-order valence-corrected chi connectivity index (χ4v) is 9.56. The standard InChI is InChI=1S/C49H31N3/c1-28-37-25-31-14-4-5-15-32(31)26-38(37)45-40(27-39-34-16-7-10-20-42(34)52-43-21-11-8-18-36(43)46(45)48(39)52)44(28)47-35-17-6-9-19-41(35)50-49(51-47)33-23-22-29-12-2-3-13-30(29)24-33/h2-28,44H,1H3/t28-,44?/m0/s1. The first-order valence-electron chi connectivity index (χ1n) is 18.2. The third-order valence-electron chi connectivity index (χ3n) is 11.9. The van der Waals surface area contributed by atoms with Gasteiger partial charge in [0.1, 0.15) is 0 Å². The summed E-state index contributed by atoms with van der Waals surface area (Å²) in [5.74, 6) is 0.917. The Hall–Kier alpha value is -6.58. The quantitative estimate of drug-likeness (QED) is 0.185. The number of hydrogen-bond acceptors (Lipinski definition) is 2. The third-order valence-corrected chi connectivity index (χ3v) is 11.9. The Morgan fingerprint density at radius 2 is 1.13 bits per heavy atom. The molecule has 0 bridgehead atoms. The Labute approximate surface area is 299 Å². The first-order valence-corrected chi connectivity index (χ1v) is 18.2. The van der Waals surface area contributed by atoms with Gasteiger partial charge in [-0.2, -0.15) is 0 Å². The van der Waals surface area contributed by atoms with Gasteiger partial charge >= 0.3 is 0 Å². The van der Waals surface area contributed by atoms with Gasteiger partial charge < -0.3 is 4.40 Å². The molecule has 0 radical (unpaired) electrons. The summed E-state index contributed by atoms with van der Waals surface area (Å²) in [6.07, 6.45) is 0. The van der Waals surface area contributed by atoms with Crippen LogP contribution in [-0.4, -0.2) is 14.4 Å². The van der Waals surface area contributed by atoms with Crippen molar-refractivity contribution < 1.29 is 0 Å². The van der Waals surface area contributed by atoms with E-state index in [1.807, 2.05) is 0 Å². The van der Waals surface area contributed by atoms with Gasteiger partial charge in [0.15, 0.2) is 5.82 Å². The van der Waals surface area contributed by atoms with Gasteiger partial charge in [-0.1, -0.05) is 128 Å². The molecule has 1 aliphatic rings. The molecule has 2 atom stereocenters. The first-order chi connectivity index (χ1) is 25.7. The minimum Gasteiger partial charge on any atom is -0.308 e. The van der Waals surface area contributed by atoms with Crippen molar-refractivity contribution in [2.24, 2.45) is 0 Å². The monoisotopic (exact) mass is 661 g/mol. The minimum atomic E-state index is -0.00806. The zero-order valence-corrected chi connectivity index (χ0v) is 28.5. The number of aromatic nitrogens is 3. The molecule has 52 heavy (non-hydrogen) atoms. The van der Waals surface area contributed by atoms with Crippen LogP contribution in [0.4, 0.5) is 0 Å². The second-order valence-corrected chi connectivity index (χ2v) is 14.5. The summed E-state index contributed by atoms with van der Waals surface area (Å²) in [6, 6.07) is 57.8. The molecular formula is C49H31N3. The average molecular weight is 662 g/mol. The molecule has 0 amide bonds. The molecule has 12 rings (SSSR count). The van der Waals surface area contributed by atoms with Crippen molar-refractivity contribution in [1.82, 2.24) is 14.4 Å². The number of fused-ring (bicyclic) bond motifs is 13. The number of hydrogen-bond donors (Lipinski definition) is 0. The van der Waals surface area contributed by atoms with Crippen LogP contribution in [-0.2, 0) is 0 Å². The Bertz CT molecular complexity index is 3280. The van der Waals surface area contributed by atoms with Gasteiger partial charge in [0.25, 0.3) is 0 Å². The summed E-state index contributed by atoms with van der Waals surface area (Å²) in [4.78, 5) is 10.8. The summed E-state index contributed by atoms with van der Waals surface area (Å²) >= 11 is 0. The largest absolute Gasteiger partial charge is 0.308 e. The lowest BCUT2D eigenvalue weighted by Gasteiger charge is -2.35. The van der Waals surface area contributed by atoms with Crippen LogP contribution in [0.1, 0.15) is 35.6 Å². The predicted octanol–water partition coefficient (Wildman–Crippen LogP) is 12.7. The van der Waals surface area contributed by atoms with Gasteiger partial charge in [-0.3, -0.25) is 0 Å². The van der Waals surface area contributed by atoms with Gasteiger partial charge in [-0.25, -0.2) is 9.97 Å². The lowest BCUT2D eigenvalue weighted by Crippen LogP contribution is -2.19. The van der Waals surface area contributed by atoms with Crippen LogP contribution in [0.25, 0.3) is 93.1 Å². The van der Waals surface area contributed by atoms with Gasteiger partial charge in [0.2, 0.25) is 0 Å². The number of benzene rings is 8. The molecule has 0 N–H and O–H groups in total. The normalized spacial score (nSPS) is 15.8. The molecule has 0 fully saturated rings. The predicted molar refractivity (Wildman–Crippen MR) is 217 cm³/mol. The summed E-state index contributed by atoms with van der Waals surface area (Å²) < 4.78 is 2.50. The van der Waals surface area contributed by atoms with E-state index >= 15 is 0 Å². The molecule has 8 aromatic carbocycles. The fourth-order valence-electron chi connectivity index (χ4n) is 9.56. The molecule has 0 saturated heterocycles. The Balaban J connectivity index is 1.25. The molecule has 3 heterocycles. The lowest BCUT2D eigenvalue weighted by atomic mass is 9.68. The maximum absolute atomic E-state index is 5.61. The second-order valence-electron chi connectivity index (χ2n) is 14.5. The van der Waals surface area contributed by atoms with Gasteiger partial charge in [0.05, 0.1) is 27.8 Å². The molecule has 1 unspecified atom stereocenters. The van der Waals surface area contributed by atoms with E-state index in [1.54, 1.807) is 0 Å². The molecular weight excluding hydrogens is 631 g/mol. The molecule has 3 heteroatoms. The van der Waals surface area contributed by atoms with E-state index in [2.05, 4.69) is 169 Å². The molecule has 3 nitrogen and oxygen atoms in total. The number of para-hydroxylation sites is 3. The molecule has 0 saturated carbocycles. The zero-order chi connectivity index (χ0) is 34.1. The highest BCUT2D eigenvalue weighted by Gasteiger charge is 2.38. The SMILES string of the molecule is C[C@H]1c2cc3ccccc3cc2-c2c(cc3c4ccccc4n4c5ccccc5c2c34)C1c1nc(-c2ccc3ccccc3c2)nc2ccccc12. The van der Waals surface area contributed by atoms with Crippen LogP contribution in [0.15, 0.2) is 158 Å². The highest BCUT2D eigenvalue weighted by atomic mass is 14.9. The maximum atomic E-state index is 5.61. The smallest absolute Gasteiger partial charge is 0.160 e. The van der Waals surface area contributed by atoms with E-state index in [-0.39, 0.29) is 11.8 Å². The van der Waals surface area contributed by atoms with Crippen molar-refractivity contribution in [3.63, 3.8) is 0 Å². The van der Waals surface area contributed by atoms with Crippen LogP contribution in [0, 0.1) is 0 Å². The van der Waals surface area contributed by atoms with Gasteiger partial charge in [0, 0.05) is 38.4 Å². The van der Waals surface area contributed by atoms with Crippen molar-refractivity contribution in [1.29, 1.82) is 0 Å². The van der Waals surface area contributed by atoms with Crippen LogP contribution in [0.2, 0.25) is 0 Å². The highest BCUT2D eigenvalue weighted by molar-refractivity contribution is 6.28. The molecule has 0 spiro atoms. The van der Waals surface area contributed by atoms with Crippen molar-refractivity contribution in [3.05, 3.63) is 175 Å². The van der Waals surface area contributed by atoms with Crippen molar-refractivity contribution in [2.75, 3.05) is 0 Å². The number of nitrogens with zero attached hydrogens (tertiary/aromatic N) is 3. The minimum absolute atomic E-state index is 0.00806. The Kier molecular flexibility index (Phi) is 5.55. The summed E-state index contributed by atoms with van der Waals surface area (Å²) in [7, 11) is 0. The van der Waals surface area contributed by atoms with Crippen LogP contribution in [0.5, 0.6) is 0 Å². The highest BCUT2D eigenvalue weighted by Crippen LogP contribution is 2.56. The second kappa shape index (κ2) is 10.2. The molecule has 242 valence electrons. The van der Waals surface area contributed by atoms with E-state index in [1.165, 1.54) is 81.9 Å². The lowest BCUT2D eigenvalue weighted by molar-refractivity contribution is 0.640. The van der Waals surface area contributed by atoms with E-state index < -0.39 is 0 Å². The summed E-state index contributed by atoms with van der Waals surface area (Å²) in [5, 5.41) is 11.3. The van der Waals surface area contributed by atoms with Gasteiger partial charge in [-0.15, -0.1) is 0 Å². The molecule has 3 aromatic heterocycles. The van der Waals surface area contributed by atoms with E-state index in [0.29, 0.717) is 0 Å². The van der Waals surface area contributed by atoms with Crippen molar-refractivity contribution in [2.45, 2.75) is 18.8 Å². The van der Waals surface area contributed by atoms with E-state index in [9.17, 15) is 0 Å². The summed E-state index contributed by atoms with van der Waals surface area (Å²) in [5.41, 5.74) is 12.3. The van der Waals surface area contributed by atoms with Crippen LogP contribution in [0.3, 0.4) is 0 Å². The van der Waals surface area contributed by atoms with Crippen molar-refractivity contribution in [3.8, 4) is 22.5 Å². The molecule has 1 aliphatic carbocycles. The zero-order valence-electron chi connectivity index (χ0n) is 28.5. The average Bonchev–Trinajstić information content (AvgIpc) is 3.72. The van der Waals surface area contributed by atoms with E-state index in [0.717, 1.165) is 28.0 Å². The Morgan fingerprint density at radius 1 is 0.500 bits per heavy atom. The van der Waals surface area contributed by atoms with Crippen molar-refractivity contribution >= 4 is 70.5 Å². The summed E-state index contributed by atoms with van der Waals surface area (Å²) in [6.45, 7) is 2.41. The third kappa shape index (κ3) is 3.69. The van der Waals surface area contributed by atoms with Crippen LogP contribution < -0.4 is 0 Å². The van der Waals surface area contributed by atoms with Gasteiger partial charge in [-0.05, 0) is 86.1 Å². The molecule has 11 aromatic rings. The maximum Gasteiger partial charge on any atom is 0.160 e. The fraction of sp³-hybridized carbons (Fsp3) is 0.0612. The van der Waals surface area contributed by atoms with Crippen LogP contribution >= 0.6 is 0 Å².